The van der Waals surface area contributed by atoms with E-state index in [0.717, 1.165) is 5.69 Å². The fourth-order valence-electron chi connectivity index (χ4n) is 2.06. The average molecular weight is 362 g/mol. The van der Waals surface area contributed by atoms with Crippen LogP contribution in [0.2, 0.25) is 10.0 Å². The van der Waals surface area contributed by atoms with E-state index in [0.29, 0.717) is 33.2 Å². The molecule has 2 aromatic carbocycles. The Bertz CT molecular complexity index is 839. The number of benzene rings is 2. The first kappa shape index (κ1) is 16.3. The second-order valence-corrected chi connectivity index (χ2v) is 5.65. The largest absolute Gasteiger partial charge is 0.495 e. The molecule has 122 valence electrons. The SMILES string of the molecule is COc1ccccc1Nc1cnnc(Nc2cc(Cl)cc(Cl)c2)n1. The van der Waals surface area contributed by atoms with Gasteiger partial charge in [-0.1, -0.05) is 35.3 Å². The minimum Gasteiger partial charge on any atom is -0.495 e. The lowest BCUT2D eigenvalue weighted by molar-refractivity contribution is 0.417. The zero-order valence-corrected chi connectivity index (χ0v) is 14.1. The van der Waals surface area contributed by atoms with Crippen molar-refractivity contribution in [2.24, 2.45) is 0 Å². The van der Waals surface area contributed by atoms with Crippen LogP contribution >= 0.6 is 23.2 Å². The molecule has 1 aromatic heterocycles. The van der Waals surface area contributed by atoms with Gasteiger partial charge in [-0.3, -0.25) is 0 Å². The molecule has 8 heteroatoms. The summed E-state index contributed by atoms with van der Waals surface area (Å²) in [5.74, 6) is 1.53. The van der Waals surface area contributed by atoms with Crippen LogP contribution in [0.3, 0.4) is 0 Å². The number of rotatable bonds is 5. The van der Waals surface area contributed by atoms with E-state index in [1.165, 1.54) is 6.20 Å². The Morgan fingerprint density at radius 2 is 1.75 bits per heavy atom. The molecule has 24 heavy (non-hydrogen) atoms. The monoisotopic (exact) mass is 361 g/mol. The van der Waals surface area contributed by atoms with E-state index in [1.807, 2.05) is 24.3 Å². The molecule has 0 aliphatic rings. The smallest absolute Gasteiger partial charge is 0.249 e. The fourth-order valence-corrected chi connectivity index (χ4v) is 2.58. The highest BCUT2D eigenvalue weighted by Crippen LogP contribution is 2.27. The van der Waals surface area contributed by atoms with Crippen LogP contribution in [-0.4, -0.2) is 22.3 Å². The number of aromatic nitrogens is 3. The van der Waals surface area contributed by atoms with Crippen molar-refractivity contribution in [2.75, 3.05) is 17.7 Å². The molecule has 6 nitrogen and oxygen atoms in total. The van der Waals surface area contributed by atoms with Gasteiger partial charge in [0.25, 0.3) is 0 Å². The molecule has 0 atom stereocenters. The lowest BCUT2D eigenvalue weighted by Gasteiger charge is -2.11. The van der Waals surface area contributed by atoms with Gasteiger partial charge >= 0.3 is 0 Å². The van der Waals surface area contributed by atoms with Gasteiger partial charge in [-0.25, -0.2) is 0 Å². The van der Waals surface area contributed by atoms with Gasteiger partial charge in [-0.15, -0.1) is 5.10 Å². The normalized spacial score (nSPS) is 10.3. The van der Waals surface area contributed by atoms with Crippen LogP contribution in [0.15, 0.2) is 48.7 Å². The Labute approximate surface area is 148 Å². The molecule has 0 saturated carbocycles. The maximum Gasteiger partial charge on any atom is 0.249 e. The quantitative estimate of drug-likeness (QED) is 0.687. The summed E-state index contributed by atoms with van der Waals surface area (Å²) in [6, 6.07) is 12.6. The van der Waals surface area contributed by atoms with Crippen molar-refractivity contribution in [2.45, 2.75) is 0 Å². The summed E-state index contributed by atoms with van der Waals surface area (Å²) in [7, 11) is 1.61. The topological polar surface area (TPSA) is 72.0 Å². The number of nitrogens with zero attached hydrogens (tertiary/aromatic N) is 3. The Morgan fingerprint density at radius 3 is 2.50 bits per heavy atom. The molecule has 0 spiro atoms. The minimum absolute atomic E-state index is 0.313. The first-order valence-electron chi connectivity index (χ1n) is 6.97. The maximum absolute atomic E-state index is 5.98. The third-order valence-electron chi connectivity index (χ3n) is 3.05. The lowest BCUT2D eigenvalue weighted by atomic mass is 10.3. The van der Waals surface area contributed by atoms with Gasteiger partial charge in [0.2, 0.25) is 5.95 Å². The number of para-hydroxylation sites is 2. The van der Waals surface area contributed by atoms with Crippen LogP contribution in [-0.2, 0) is 0 Å². The van der Waals surface area contributed by atoms with E-state index < -0.39 is 0 Å². The number of halogens is 2. The highest BCUT2D eigenvalue weighted by molar-refractivity contribution is 6.35. The second kappa shape index (κ2) is 7.33. The number of ether oxygens (including phenoxy) is 1. The number of hydrogen-bond acceptors (Lipinski definition) is 6. The van der Waals surface area contributed by atoms with Crippen molar-refractivity contribution >= 4 is 46.3 Å². The minimum atomic E-state index is 0.313. The van der Waals surface area contributed by atoms with Crippen molar-refractivity contribution in [3.63, 3.8) is 0 Å². The Kier molecular flexibility index (Phi) is 4.98. The van der Waals surface area contributed by atoms with E-state index in [2.05, 4.69) is 25.8 Å². The van der Waals surface area contributed by atoms with E-state index >= 15 is 0 Å². The van der Waals surface area contributed by atoms with Gasteiger partial charge in [0, 0.05) is 15.7 Å². The highest BCUT2D eigenvalue weighted by atomic mass is 35.5. The lowest BCUT2D eigenvalue weighted by Crippen LogP contribution is -2.03. The van der Waals surface area contributed by atoms with Crippen LogP contribution in [0.4, 0.5) is 23.1 Å². The first-order chi connectivity index (χ1) is 11.6. The van der Waals surface area contributed by atoms with Crippen LogP contribution in [0, 0.1) is 0 Å². The summed E-state index contributed by atoms with van der Waals surface area (Å²) in [4.78, 5) is 4.36. The molecule has 0 unspecified atom stereocenters. The zero-order valence-electron chi connectivity index (χ0n) is 12.6. The van der Waals surface area contributed by atoms with Crippen LogP contribution in [0.1, 0.15) is 0 Å². The molecular formula is C16H13Cl2N5O. The van der Waals surface area contributed by atoms with Gasteiger partial charge in [-0.2, -0.15) is 10.1 Å². The maximum atomic E-state index is 5.98. The molecule has 3 aromatic rings. The molecule has 0 saturated heterocycles. The third-order valence-corrected chi connectivity index (χ3v) is 3.48. The highest BCUT2D eigenvalue weighted by Gasteiger charge is 2.06. The molecular weight excluding hydrogens is 349 g/mol. The van der Waals surface area contributed by atoms with Gasteiger partial charge in [-0.05, 0) is 30.3 Å². The van der Waals surface area contributed by atoms with Crippen molar-refractivity contribution < 1.29 is 4.74 Å². The summed E-state index contributed by atoms with van der Waals surface area (Å²) in [6.45, 7) is 0. The molecule has 1 heterocycles. The van der Waals surface area contributed by atoms with Crippen molar-refractivity contribution in [3.05, 3.63) is 58.7 Å². The Hall–Kier alpha value is -2.57. The van der Waals surface area contributed by atoms with Crippen LogP contribution in [0.5, 0.6) is 5.75 Å². The van der Waals surface area contributed by atoms with Gasteiger partial charge in [0.15, 0.2) is 5.82 Å². The number of hydrogen-bond donors (Lipinski definition) is 2. The summed E-state index contributed by atoms with van der Waals surface area (Å²) in [6.07, 6.45) is 1.52. The van der Waals surface area contributed by atoms with Gasteiger partial charge in [0.1, 0.15) is 5.75 Å². The molecule has 2 N–H and O–H groups in total. The van der Waals surface area contributed by atoms with Gasteiger partial charge in [0.05, 0.1) is 19.0 Å². The van der Waals surface area contributed by atoms with Crippen LogP contribution < -0.4 is 15.4 Å². The van der Waals surface area contributed by atoms with E-state index in [-0.39, 0.29) is 0 Å². The first-order valence-corrected chi connectivity index (χ1v) is 7.72. The predicted molar refractivity (Wildman–Crippen MR) is 95.8 cm³/mol. The number of nitrogens with one attached hydrogen (secondary N) is 2. The van der Waals surface area contributed by atoms with Gasteiger partial charge < -0.3 is 15.4 Å². The van der Waals surface area contributed by atoms with Crippen molar-refractivity contribution in [1.82, 2.24) is 15.2 Å². The molecule has 3 rings (SSSR count). The summed E-state index contributed by atoms with van der Waals surface area (Å²) >= 11 is 12.0. The summed E-state index contributed by atoms with van der Waals surface area (Å²) in [5, 5.41) is 15.1. The molecule has 0 fully saturated rings. The Balaban J connectivity index is 1.81. The molecule has 0 bridgehead atoms. The molecule has 0 aliphatic carbocycles. The van der Waals surface area contributed by atoms with E-state index in [1.54, 1.807) is 25.3 Å². The molecule has 0 aliphatic heterocycles. The average Bonchev–Trinajstić information content (AvgIpc) is 2.55. The zero-order chi connectivity index (χ0) is 16.9. The second-order valence-electron chi connectivity index (χ2n) is 4.77. The number of methoxy groups -OCH3 is 1. The third kappa shape index (κ3) is 4.04. The van der Waals surface area contributed by atoms with E-state index in [9.17, 15) is 0 Å². The molecule has 0 radical (unpaired) electrons. The van der Waals surface area contributed by atoms with Crippen molar-refractivity contribution in [3.8, 4) is 5.75 Å². The standard InChI is InChI=1S/C16H13Cl2N5O/c1-24-14-5-3-2-4-13(14)21-15-9-19-23-16(22-15)20-12-7-10(17)6-11(18)8-12/h2-9H,1H3,(H2,20,21,22,23). The Morgan fingerprint density at radius 1 is 1.00 bits per heavy atom. The summed E-state index contributed by atoms with van der Waals surface area (Å²) in [5.41, 5.74) is 1.45. The van der Waals surface area contributed by atoms with E-state index in [4.69, 9.17) is 27.9 Å². The number of anilines is 4. The summed E-state index contributed by atoms with van der Waals surface area (Å²) < 4.78 is 5.30. The van der Waals surface area contributed by atoms with Crippen LogP contribution in [0.25, 0.3) is 0 Å². The van der Waals surface area contributed by atoms with Crippen molar-refractivity contribution in [1.29, 1.82) is 0 Å². The fraction of sp³-hybridized carbons (Fsp3) is 0.0625. The molecule has 0 amide bonds. The predicted octanol–water partition coefficient (Wildman–Crippen LogP) is 4.67.